The molecule has 1 aromatic heterocycles. The summed E-state index contributed by atoms with van der Waals surface area (Å²) in [7, 11) is 0. The molecule has 0 spiro atoms. The monoisotopic (exact) mass is 470 g/mol. The van der Waals surface area contributed by atoms with Gasteiger partial charge in [0.15, 0.2) is 0 Å². The molecule has 0 atom stereocenters. The van der Waals surface area contributed by atoms with E-state index in [0.717, 1.165) is 49.9 Å². The van der Waals surface area contributed by atoms with Crippen molar-refractivity contribution in [2.75, 3.05) is 26.2 Å². The highest BCUT2D eigenvalue weighted by Gasteiger charge is 2.17. The Morgan fingerprint density at radius 3 is 1.94 bits per heavy atom. The molecule has 1 saturated heterocycles. The van der Waals surface area contributed by atoms with E-state index in [-0.39, 0.29) is 0 Å². The Kier molecular flexibility index (Phi) is 9.98. The Hall–Kier alpha value is -2.44. The third-order valence-electron chi connectivity index (χ3n) is 5.17. The zero-order valence-electron chi connectivity index (χ0n) is 18.0. The zero-order chi connectivity index (χ0) is 22.6. The van der Waals surface area contributed by atoms with Crippen LogP contribution in [-0.2, 0) is 24.4 Å². The fraction of sp³-hybridized carbons (Fsp3) is 0.280. The number of halogens is 2. The molecule has 4 rings (SSSR count). The standard InChI is InChI=1S/C17H20ClN3.C8H8ClNO/c18-17-5-1-3-15(11-17)13-20-7-9-21(10-8-20)14-16-4-2-6-19-12-16;9-8-3-1-2-7(4-8)5-10-6-11/h1-6,11-12H,7-10,13-14H2;1-4,6H,5H2,(H,10,11). The highest BCUT2D eigenvalue weighted by atomic mass is 35.5. The van der Waals surface area contributed by atoms with Crippen LogP contribution in [0.5, 0.6) is 0 Å². The number of hydrogen-bond donors (Lipinski definition) is 1. The smallest absolute Gasteiger partial charge is 0.207 e. The van der Waals surface area contributed by atoms with Gasteiger partial charge < -0.3 is 5.32 Å². The van der Waals surface area contributed by atoms with Crippen LogP contribution >= 0.6 is 23.2 Å². The van der Waals surface area contributed by atoms with Gasteiger partial charge in [0.1, 0.15) is 0 Å². The molecule has 1 N–H and O–H groups in total. The lowest BCUT2D eigenvalue weighted by atomic mass is 10.2. The number of carbonyl (C=O) groups excluding carboxylic acids is 1. The lowest BCUT2D eigenvalue weighted by Gasteiger charge is -2.34. The number of carbonyl (C=O) groups is 1. The molecule has 0 saturated carbocycles. The Morgan fingerprint density at radius 2 is 1.38 bits per heavy atom. The van der Waals surface area contributed by atoms with E-state index < -0.39 is 0 Å². The van der Waals surface area contributed by atoms with Crippen molar-refractivity contribution in [1.29, 1.82) is 0 Å². The summed E-state index contributed by atoms with van der Waals surface area (Å²) < 4.78 is 0. The number of hydrogen-bond acceptors (Lipinski definition) is 4. The molecule has 0 bridgehead atoms. The number of aromatic nitrogens is 1. The fourth-order valence-corrected chi connectivity index (χ4v) is 3.98. The lowest BCUT2D eigenvalue weighted by molar-refractivity contribution is -0.109. The largest absolute Gasteiger partial charge is 0.355 e. The molecule has 0 aliphatic carbocycles. The summed E-state index contributed by atoms with van der Waals surface area (Å²) in [6.45, 7) is 6.94. The maximum absolute atomic E-state index is 9.92. The molecule has 1 fully saturated rings. The van der Waals surface area contributed by atoms with E-state index in [4.69, 9.17) is 23.2 Å². The quantitative estimate of drug-likeness (QED) is 0.511. The van der Waals surface area contributed by atoms with Gasteiger partial charge in [0, 0.05) is 68.3 Å². The highest BCUT2D eigenvalue weighted by Crippen LogP contribution is 2.15. The van der Waals surface area contributed by atoms with Crippen LogP contribution in [0.4, 0.5) is 0 Å². The van der Waals surface area contributed by atoms with Gasteiger partial charge >= 0.3 is 0 Å². The normalized spacial score (nSPS) is 14.3. The summed E-state index contributed by atoms with van der Waals surface area (Å²) in [5, 5.41) is 4.06. The predicted octanol–water partition coefficient (Wildman–Crippen LogP) is 4.64. The molecule has 0 unspecified atom stereocenters. The molecular weight excluding hydrogens is 443 g/mol. The van der Waals surface area contributed by atoms with Crippen molar-refractivity contribution in [3.8, 4) is 0 Å². The van der Waals surface area contributed by atoms with E-state index >= 15 is 0 Å². The van der Waals surface area contributed by atoms with Crippen molar-refractivity contribution in [3.63, 3.8) is 0 Å². The van der Waals surface area contributed by atoms with Crippen molar-refractivity contribution < 1.29 is 4.79 Å². The maximum atomic E-state index is 9.92. The van der Waals surface area contributed by atoms with E-state index in [1.54, 1.807) is 6.07 Å². The summed E-state index contributed by atoms with van der Waals surface area (Å²) in [5.41, 5.74) is 3.59. The van der Waals surface area contributed by atoms with Gasteiger partial charge in [-0.15, -0.1) is 0 Å². The van der Waals surface area contributed by atoms with Crippen LogP contribution < -0.4 is 5.32 Å². The van der Waals surface area contributed by atoms with Gasteiger partial charge in [-0.25, -0.2) is 0 Å². The molecule has 2 heterocycles. The molecule has 32 heavy (non-hydrogen) atoms. The Balaban J connectivity index is 0.000000222. The summed E-state index contributed by atoms with van der Waals surface area (Å²) in [6.07, 6.45) is 4.45. The molecule has 1 aliphatic rings. The van der Waals surface area contributed by atoms with Crippen molar-refractivity contribution >= 4 is 29.6 Å². The SMILES string of the molecule is Clc1cccc(CN2CCN(Cc3cccnc3)CC2)c1.O=CNCc1cccc(Cl)c1. The minimum absolute atomic E-state index is 0.532. The molecule has 168 valence electrons. The Bertz CT molecular complexity index is 963. The Labute approximate surface area is 200 Å². The first-order valence-electron chi connectivity index (χ1n) is 10.6. The summed E-state index contributed by atoms with van der Waals surface area (Å²) in [5.74, 6) is 0. The lowest BCUT2D eigenvalue weighted by Crippen LogP contribution is -2.45. The summed E-state index contributed by atoms with van der Waals surface area (Å²) in [6, 6.07) is 19.7. The molecule has 1 aliphatic heterocycles. The van der Waals surface area contributed by atoms with E-state index in [0.29, 0.717) is 18.0 Å². The van der Waals surface area contributed by atoms with Gasteiger partial charge in [0.05, 0.1) is 0 Å². The molecule has 3 aromatic rings. The summed E-state index contributed by atoms with van der Waals surface area (Å²) in [4.78, 5) is 19.1. The first-order valence-corrected chi connectivity index (χ1v) is 11.4. The van der Waals surface area contributed by atoms with Crippen LogP contribution in [-0.4, -0.2) is 47.4 Å². The van der Waals surface area contributed by atoms with Crippen LogP contribution in [0, 0.1) is 0 Å². The third kappa shape index (κ3) is 8.60. The van der Waals surface area contributed by atoms with Crippen molar-refractivity contribution in [2.45, 2.75) is 19.6 Å². The zero-order valence-corrected chi connectivity index (χ0v) is 19.5. The molecule has 5 nitrogen and oxygen atoms in total. The second kappa shape index (κ2) is 13.2. The second-order valence-corrected chi connectivity index (χ2v) is 8.55. The number of rotatable bonds is 7. The fourth-order valence-electron chi connectivity index (χ4n) is 3.56. The Morgan fingerprint density at radius 1 is 0.812 bits per heavy atom. The average molecular weight is 471 g/mol. The molecule has 7 heteroatoms. The maximum Gasteiger partial charge on any atom is 0.207 e. The van der Waals surface area contributed by atoms with Crippen LogP contribution in [0.1, 0.15) is 16.7 Å². The van der Waals surface area contributed by atoms with Crippen LogP contribution in [0.15, 0.2) is 73.1 Å². The molecule has 1 amide bonds. The number of benzene rings is 2. The number of nitrogens with zero attached hydrogens (tertiary/aromatic N) is 3. The van der Waals surface area contributed by atoms with E-state index in [1.165, 1.54) is 11.1 Å². The number of amides is 1. The predicted molar refractivity (Wildman–Crippen MR) is 131 cm³/mol. The average Bonchev–Trinajstić information content (AvgIpc) is 2.80. The third-order valence-corrected chi connectivity index (χ3v) is 5.64. The number of nitrogens with one attached hydrogen (secondary N) is 1. The van der Waals surface area contributed by atoms with Gasteiger partial charge in [-0.05, 0) is 47.0 Å². The van der Waals surface area contributed by atoms with Crippen molar-refractivity contribution in [2.24, 2.45) is 0 Å². The highest BCUT2D eigenvalue weighted by molar-refractivity contribution is 6.30. The molecule has 2 aromatic carbocycles. The van der Waals surface area contributed by atoms with Gasteiger partial charge in [-0.3, -0.25) is 19.6 Å². The number of piperazine rings is 1. The minimum Gasteiger partial charge on any atom is -0.355 e. The first-order chi connectivity index (χ1) is 15.6. The van der Waals surface area contributed by atoms with Crippen LogP contribution in [0.3, 0.4) is 0 Å². The van der Waals surface area contributed by atoms with E-state index in [9.17, 15) is 4.79 Å². The van der Waals surface area contributed by atoms with Crippen LogP contribution in [0.25, 0.3) is 0 Å². The van der Waals surface area contributed by atoms with E-state index in [2.05, 4.69) is 38.3 Å². The van der Waals surface area contributed by atoms with Crippen LogP contribution in [0.2, 0.25) is 10.0 Å². The number of pyridine rings is 1. The van der Waals surface area contributed by atoms with Crippen molar-refractivity contribution in [1.82, 2.24) is 20.1 Å². The minimum atomic E-state index is 0.532. The molecular formula is C25H28Cl2N4O. The summed E-state index contributed by atoms with van der Waals surface area (Å²) >= 11 is 11.8. The first kappa shape index (κ1) is 24.2. The second-order valence-electron chi connectivity index (χ2n) is 7.67. The van der Waals surface area contributed by atoms with Crippen molar-refractivity contribution in [3.05, 3.63) is 99.8 Å². The van der Waals surface area contributed by atoms with Gasteiger partial charge in [0.2, 0.25) is 6.41 Å². The van der Waals surface area contributed by atoms with Gasteiger partial charge in [0.25, 0.3) is 0 Å². The van der Waals surface area contributed by atoms with Gasteiger partial charge in [-0.2, -0.15) is 0 Å². The van der Waals surface area contributed by atoms with E-state index in [1.807, 2.05) is 48.8 Å². The molecule has 0 radical (unpaired) electrons. The topological polar surface area (TPSA) is 48.5 Å². The van der Waals surface area contributed by atoms with Gasteiger partial charge in [-0.1, -0.05) is 53.5 Å².